The number of benzene rings is 2. The number of hydrogen-bond acceptors (Lipinski definition) is 13. The van der Waals surface area contributed by atoms with E-state index in [2.05, 4.69) is 22.9 Å². The van der Waals surface area contributed by atoms with Crippen LogP contribution in [0, 0.1) is 23.7 Å². The van der Waals surface area contributed by atoms with Gasteiger partial charge in [-0.25, -0.2) is 4.79 Å². The molecule has 8 amide bonds. The minimum absolute atomic E-state index is 0.0227. The highest BCUT2D eigenvalue weighted by molar-refractivity contribution is 5.99. The Labute approximate surface area is 567 Å². The van der Waals surface area contributed by atoms with Gasteiger partial charge < -0.3 is 55.0 Å². The van der Waals surface area contributed by atoms with Gasteiger partial charge in [-0.3, -0.25) is 43.2 Å². The zero-order chi connectivity index (χ0) is 70.7. The van der Waals surface area contributed by atoms with Gasteiger partial charge in [0.05, 0.1) is 12.2 Å². The monoisotopic (exact) mass is 1330 g/mol. The van der Waals surface area contributed by atoms with Crippen LogP contribution in [-0.4, -0.2) is 190 Å². The van der Waals surface area contributed by atoms with Crippen LogP contribution in [0.3, 0.4) is 0 Å². The van der Waals surface area contributed by atoms with Gasteiger partial charge in [-0.1, -0.05) is 194 Å². The summed E-state index contributed by atoms with van der Waals surface area (Å²) >= 11 is 0. The predicted molar refractivity (Wildman–Crippen MR) is 368 cm³/mol. The number of likely N-dealkylation sites (N-methyl/N-ethyl adjacent to an activating group) is 4. The molecule has 2 aromatic carbocycles. The molecular weight excluding hydrogens is 1210 g/mol. The van der Waals surface area contributed by atoms with Crippen LogP contribution >= 0.6 is 0 Å². The third kappa shape index (κ3) is 24.3. The van der Waals surface area contributed by atoms with Crippen LogP contribution in [0.15, 0.2) is 60.7 Å². The SMILES string of the molecule is CCCCCCCCCCCCCC(=O)OCCC[C@@H]1C(=O)N[C@H](CC(C)C)C(=O)N(C)[C@H](C(C)(C)O)C(=O)O[C@H]([C@H](C)CC)C(=O)N(C)[C@@H](C(C)C)C(=O)N[C@H](Cc2ccccc2)C(=O)N(C)[C@@H](Cc2ccccc2)C(=O)N2CCC[C@H]2C(=O)N[C@@H]([C@H](C)CC)C(=O)N1C. The van der Waals surface area contributed by atoms with Gasteiger partial charge in [0.2, 0.25) is 41.4 Å². The maximum Gasteiger partial charge on any atom is 0.332 e. The normalized spacial score (nSPS) is 23.9. The molecule has 2 heterocycles. The van der Waals surface area contributed by atoms with E-state index in [9.17, 15) is 14.7 Å². The van der Waals surface area contributed by atoms with Crippen molar-refractivity contribution in [3.63, 3.8) is 0 Å². The van der Waals surface area contributed by atoms with E-state index in [4.69, 9.17) is 9.47 Å². The van der Waals surface area contributed by atoms with Crippen molar-refractivity contribution >= 4 is 59.2 Å². The Bertz CT molecular complexity index is 2780. The number of hydrogen-bond donors (Lipinski definition) is 4. The van der Waals surface area contributed by atoms with Crippen molar-refractivity contribution in [2.24, 2.45) is 23.7 Å². The Morgan fingerprint density at radius 3 is 1.65 bits per heavy atom. The number of carbonyl (C=O) groups is 10. The van der Waals surface area contributed by atoms with Crippen LogP contribution in [-0.2, 0) is 70.3 Å². The highest BCUT2D eigenvalue weighted by atomic mass is 16.6. The first kappa shape index (κ1) is 80.5. The van der Waals surface area contributed by atoms with Crippen LogP contribution in [0.25, 0.3) is 0 Å². The van der Waals surface area contributed by atoms with Crippen LogP contribution in [0.2, 0.25) is 0 Å². The zero-order valence-electron chi connectivity index (χ0n) is 60.1. The Morgan fingerprint density at radius 2 is 1.12 bits per heavy atom. The van der Waals surface area contributed by atoms with Crippen LogP contribution in [0.4, 0.5) is 0 Å². The summed E-state index contributed by atoms with van der Waals surface area (Å²) in [5.41, 5.74) is -0.628. The summed E-state index contributed by atoms with van der Waals surface area (Å²) < 4.78 is 11.9. The summed E-state index contributed by atoms with van der Waals surface area (Å²) in [6.45, 7) is 19.2. The fraction of sp³-hybridized carbons (Fsp3) is 0.703. The highest BCUT2D eigenvalue weighted by Crippen LogP contribution is 2.28. The fourth-order valence-corrected chi connectivity index (χ4v) is 13.0. The molecule has 0 aliphatic carbocycles. The summed E-state index contributed by atoms with van der Waals surface area (Å²) in [7, 11) is 5.62. The Hall–Kier alpha value is -6.90. The van der Waals surface area contributed by atoms with Gasteiger partial charge in [0.15, 0.2) is 12.1 Å². The number of carbonyl (C=O) groups excluding carboxylic acids is 10. The molecule has 2 aromatic rings. The summed E-state index contributed by atoms with van der Waals surface area (Å²) in [5.74, 6) is -9.02. The van der Waals surface area contributed by atoms with E-state index >= 15 is 38.4 Å². The maximum absolute atomic E-state index is 15.5. The number of rotatable bonds is 28. The smallest absolute Gasteiger partial charge is 0.332 e. The minimum Gasteiger partial charge on any atom is -0.466 e. The van der Waals surface area contributed by atoms with E-state index < -0.39 is 131 Å². The number of nitrogens with zero attached hydrogens (tertiary/aromatic N) is 5. The summed E-state index contributed by atoms with van der Waals surface area (Å²) in [5, 5.41) is 20.7. The third-order valence-corrected chi connectivity index (χ3v) is 19.1. The zero-order valence-corrected chi connectivity index (χ0v) is 60.1. The van der Waals surface area contributed by atoms with E-state index in [1.807, 2.05) is 57.2 Å². The molecule has 0 radical (unpaired) electrons. The lowest BCUT2D eigenvalue weighted by Crippen LogP contribution is -2.62. The van der Waals surface area contributed by atoms with Crippen molar-refractivity contribution in [3.8, 4) is 0 Å². The van der Waals surface area contributed by atoms with Gasteiger partial charge in [-0.2, -0.15) is 0 Å². The lowest BCUT2D eigenvalue weighted by molar-refractivity contribution is -0.177. The average molecular weight is 1330 g/mol. The molecule has 0 bridgehead atoms. The van der Waals surface area contributed by atoms with Crippen molar-refractivity contribution in [1.82, 2.24) is 40.4 Å². The topological polar surface area (TPSA) is 262 Å². The van der Waals surface area contributed by atoms with Gasteiger partial charge in [0.1, 0.15) is 42.3 Å². The molecule has 532 valence electrons. The quantitative estimate of drug-likeness (QED) is 0.0459. The van der Waals surface area contributed by atoms with Gasteiger partial charge in [-0.05, 0) is 87.7 Å². The van der Waals surface area contributed by atoms with E-state index in [0.717, 1.165) is 24.2 Å². The van der Waals surface area contributed by atoms with E-state index in [0.29, 0.717) is 36.8 Å². The van der Waals surface area contributed by atoms with E-state index in [1.165, 1.54) is 107 Å². The van der Waals surface area contributed by atoms with Crippen molar-refractivity contribution in [2.45, 2.75) is 271 Å². The number of nitrogens with one attached hydrogen (secondary N) is 3. The fourth-order valence-electron chi connectivity index (χ4n) is 13.0. The molecule has 2 fully saturated rings. The maximum atomic E-state index is 15.5. The van der Waals surface area contributed by atoms with Crippen molar-refractivity contribution in [1.29, 1.82) is 0 Å². The first-order valence-corrected chi connectivity index (χ1v) is 35.4. The molecular formula is C74H118N8O13. The van der Waals surface area contributed by atoms with Gasteiger partial charge in [0.25, 0.3) is 5.91 Å². The molecule has 0 spiro atoms. The molecule has 21 nitrogen and oxygen atoms in total. The molecule has 0 aromatic heterocycles. The molecule has 21 heteroatoms. The molecule has 95 heavy (non-hydrogen) atoms. The van der Waals surface area contributed by atoms with E-state index in [1.54, 1.807) is 58.9 Å². The van der Waals surface area contributed by atoms with Gasteiger partial charge >= 0.3 is 11.9 Å². The Morgan fingerprint density at radius 1 is 0.589 bits per heavy atom. The largest absolute Gasteiger partial charge is 0.466 e. The lowest BCUT2D eigenvalue weighted by Gasteiger charge is -2.39. The minimum atomic E-state index is -2.02. The Kier molecular flexibility index (Phi) is 33.9. The molecule has 11 atom stereocenters. The second-order valence-electron chi connectivity index (χ2n) is 28.2. The molecule has 2 aliphatic rings. The van der Waals surface area contributed by atoms with Gasteiger partial charge in [0, 0.05) is 59.9 Å². The first-order valence-electron chi connectivity index (χ1n) is 35.4. The predicted octanol–water partition coefficient (Wildman–Crippen LogP) is 8.74. The molecule has 4 N–H and O–H groups in total. The molecule has 2 saturated heterocycles. The first-order chi connectivity index (χ1) is 45.0. The van der Waals surface area contributed by atoms with Crippen molar-refractivity contribution in [2.75, 3.05) is 41.3 Å². The highest BCUT2D eigenvalue weighted by Gasteiger charge is 2.48. The second kappa shape index (κ2) is 40.0. The number of amides is 8. The number of cyclic esters (lactones) is 1. The lowest BCUT2D eigenvalue weighted by atomic mass is 9.94. The number of aliphatic hydroxyl groups is 1. The molecule has 0 unspecified atom stereocenters. The van der Waals surface area contributed by atoms with Crippen LogP contribution in [0.5, 0.6) is 0 Å². The number of esters is 2. The second-order valence-corrected chi connectivity index (χ2v) is 28.2. The summed E-state index contributed by atoms with van der Waals surface area (Å²) in [6, 6.07) is 7.57. The molecule has 0 saturated carbocycles. The van der Waals surface area contributed by atoms with Gasteiger partial charge in [-0.15, -0.1) is 0 Å². The van der Waals surface area contributed by atoms with Crippen LogP contribution < -0.4 is 16.0 Å². The average Bonchev–Trinajstić information content (AvgIpc) is 1.72. The molecule has 2 aliphatic heterocycles. The number of unbranched alkanes of at least 4 members (excludes halogenated alkanes) is 10. The van der Waals surface area contributed by atoms with Crippen LogP contribution in [0.1, 0.15) is 209 Å². The van der Waals surface area contributed by atoms with E-state index in [-0.39, 0.29) is 70.0 Å². The number of ether oxygens (including phenoxy) is 2. The van der Waals surface area contributed by atoms with Crippen molar-refractivity contribution in [3.05, 3.63) is 71.8 Å². The standard InChI is InChI=1S/C74H118N8O13/c1-16-19-20-21-22-23-24-25-26-27-34-43-60(83)94-45-36-42-57-65(84)75-55(46-49(4)5)69(88)81(15)64(74(10,11)93)73(92)95-63(52(9)18-3)72(91)80(14)62(50(6)7)67(86)76-56(47-53-37-30-28-31-38-53)68(87)79(13)59(48-54-39-32-29-33-40-54)70(89)82-44-35-41-58(82)66(85)77-61(51(8)17-2)71(90)78(57)12/h28-33,37-40,49-52,55-59,61-64,93H,16-27,34-36,41-48H2,1-15H3,(H,75,84)(H,76,86)(H,77,85)/t51-,52-,55-,56-,57-,58+,59+,61+,62+,63-,64+/m1/s1. The third-order valence-electron chi connectivity index (χ3n) is 19.1. The Balaban J connectivity index is 1.86. The summed E-state index contributed by atoms with van der Waals surface area (Å²) in [6.07, 6.45) is 12.5. The summed E-state index contributed by atoms with van der Waals surface area (Å²) in [4.78, 5) is 156. The number of fused-ring (bicyclic) bond motifs is 1. The molecule has 4 rings (SSSR count). The van der Waals surface area contributed by atoms with Crippen molar-refractivity contribution < 1.29 is 62.5 Å².